The van der Waals surface area contributed by atoms with E-state index in [1.165, 1.54) is 36.8 Å². The molecule has 3 amide bonds. The summed E-state index contributed by atoms with van der Waals surface area (Å²) >= 11 is 0. The number of aromatic nitrogens is 1. The van der Waals surface area contributed by atoms with Gasteiger partial charge < -0.3 is 15.1 Å². The number of carbonyl (C=O) groups excluding carboxylic acids is 2. The number of likely N-dealkylation sites (tertiary alicyclic amines) is 2. The summed E-state index contributed by atoms with van der Waals surface area (Å²) in [4.78, 5) is 33.2. The van der Waals surface area contributed by atoms with Crippen molar-refractivity contribution in [3.8, 4) is 0 Å². The van der Waals surface area contributed by atoms with Crippen LogP contribution in [0.3, 0.4) is 0 Å². The molecular weight excluding hydrogens is 412 g/mol. The minimum absolute atomic E-state index is 0.0519. The largest absolute Gasteiger partial charge is 0.341 e. The molecule has 6 heteroatoms. The van der Waals surface area contributed by atoms with Gasteiger partial charge >= 0.3 is 6.03 Å². The number of nitrogens with zero attached hydrogens (tertiary/aromatic N) is 3. The second-order valence-corrected chi connectivity index (χ2v) is 10.6. The molecule has 4 aliphatic rings. The van der Waals surface area contributed by atoms with Crippen molar-refractivity contribution in [1.82, 2.24) is 14.8 Å². The molecule has 4 fully saturated rings. The number of fused-ring (bicyclic) bond motifs is 2. The monoisotopic (exact) mass is 444 g/mol. The first-order valence-electron chi connectivity index (χ1n) is 12.5. The van der Waals surface area contributed by atoms with E-state index in [1.807, 2.05) is 34.2 Å². The Morgan fingerprint density at radius 2 is 1.67 bits per heavy atom. The Morgan fingerprint density at radius 3 is 2.33 bits per heavy atom. The molecule has 33 heavy (non-hydrogen) atoms. The van der Waals surface area contributed by atoms with Crippen molar-refractivity contribution in [3.05, 3.63) is 59.9 Å². The zero-order chi connectivity index (χ0) is 22.4. The Bertz CT molecular complexity index is 1010. The highest BCUT2D eigenvalue weighted by Crippen LogP contribution is 2.49. The lowest BCUT2D eigenvalue weighted by atomic mass is 9.85. The molecule has 2 aliphatic carbocycles. The third kappa shape index (κ3) is 4.11. The fourth-order valence-electron chi connectivity index (χ4n) is 6.39. The van der Waals surface area contributed by atoms with E-state index in [1.54, 1.807) is 6.20 Å². The molecular formula is C27H32N4O2. The van der Waals surface area contributed by atoms with Crippen molar-refractivity contribution in [1.29, 1.82) is 0 Å². The standard InChI is InChI=1S/C27H32N4O2/c32-26(12-22-11-18-3-4-20(22)10-18)30-14-23(15-30)19-5-7-25(8-6-19)29-27(33)31-16-24(17-31)21-2-1-9-28-13-21/h1-2,5-9,13,18,20,22-24H,3-4,10-12,14-17H2,(H,29,33)/t18-,20+,22?/m1/s1. The molecule has 0 spiro atoms. The molecule has 6 rings (SSSR count). The van der Waals surface area contributed by atoms with Crippen LogP contribution in [0.1, 0.15) is 55.1 Å². The summed E-state index contributed by atoms with van der Waals surface area (Å²) in [6, 6.07) is 12.1. The third-order valence-corrected chi connectivity index (χ3v) is 8.51. The number of anilines is 1. The van der Waals surface area contributed by atoms with E-state index in [0.717, 1.165) is 50.1 Å². The number of hydrogen-bond donors (Lipinski definition) is 1. The molecule has 2 bridgehead atoms. The average Bonchev–Trinajstić information content (AvgIpc) is 3.37. The van der Waals surface area contributed by atoms with Gasteiger partial charge in [0, 0.05) is 62.5 Å². The minimum atomic E-state index is -0.0519. The zero-order valence-corrected chi connectivity index (χ0v) is 19.0. The van der Waals surface area contributed by atoms with Gasteiger partial charge in [0.2, 0.25) is 5.91 Å². The molecule has 6 nitrogen and oxygen atoms in total. The lowest BCUT2D eigenvalue weighted by Crippen LogP contribution is -2.50. The van der Waals surface area contributed by atoms with Crippen molar-refractivity contribution < 1.29 is 9.59 Å². The molecule has 2 aliphatic heterocycles. The van der Waals surface area contributed by atoms with Crippen molar-refractivity contribution >= 4 is 17.6 Å². The molecule has 2 aromatic rings. The van der Waals surface area contributed by atoms with Crippen LogP contribution in [-0.4, -0.2) is 52.9 Å². The van der Waals surface area contributed by atoms with Gasteiger partial charge in [-0.25, -0.2) is 4.79 Å². The Balaban J connectivity index is 0.950. The first-order valence-corrected chi connectivity index (χ1v) is 12.5. The quantitative estimate of drug-likeness (QED) is 0.740. The molecule has 1 unspecified atom stereocenters. The van der Waals surface area contributed by atoms with Crippen LogP contribution in [0.25, 0.3) is 0 Å². The Labute approximate surface area is 195 Å². The minimum Gasteiger partial charge on any atom is -0.341 e. The second-order valence-electron chi connectivity index (χ2n) is 10.6. The summed E-state index contributed by atoms with van der Waals surface area (Å²) < 4.78 is 0. The number of nitrogens with one attached hydrogen (secondary N) is 1. The van der Waals surface area contributed by atoms with Gasteiger partial charge in [0.05, 0.1) is 0 Å². The lowest BCUT2D eigenvalue weighted by molar-refractivity contribution is -0.137. The van der Waals surface area contributed by atoms with Gasteiger partial charge in [-0.3, -0.25) is 9.78 Å². The van der Waals surface area contributed by atoms with Crippen LogP contribution >= 0.6 is 0 Å². The van der Waals surface area contributed by atoms with Crippen LogP contribution in [0.15, 0.2) is 48.8 Å². The van der Waals surface area contributed by atoms with Gasteiger partial charge in [-0.15, -0.1) is 0 Å². The third-order valence-electron chi connectivity index (χ3n) is 8.51. The highest BCUT2D eigenvalue weighted by molar-refractivity contribution is 5.90. The number of carbonyl (C=O) groups is 2. The van der Waals surface area contributed by atoms with E-state index < -0.39 is 0 Å². The van der Waals surface area contributed by atoms with Crippen LogP contribution in [0, 0.1) is 17.8 Å². The molecule has 0 radical (unpaired) electrons. The summed E-state index contributed by atoms with van der Waals surface area (Å²) in [5.74, 6) is 3.50. The van der Waals surface area contributed by atoms with Gasteiger partial charge in [-0.05, 0) is 66.3 Å². The maximum absolute atomic E-state index is 12.7. The topological polar surface area (TPSA) is 65.5 Å². The molecule has 2 saturated heterocycles. The van der Waals surface area contributed by atoms with Crippen molar-refractivity contribution in [2.24, 2.45) is 17.8 Å². The van der Waals surface area contributed by atoms with Crippen LogP contribution in [0.2, 0.25) is 0 Å². The number of benzene rings is 1. The van der Waals surface area contributed by atoms with Crippen LogP contribution in [0.4, 0.5) is 10.5 Å². The van der Waals surface area contributed by atoms with Crippen LogP contribution in [0.5, 0.6) is 0 Å². The average molecular weight is 445 g/mol. The van der Waals surface area contributed by atoms with E-state index in [2.05, 4.69) is 28.5 Å². The fraction of sp³-hybridized carbons (Fsp3) is 0.519. The first kappa shape index (κ1) is 20.7. The molecule has 1 aromatic carbocycles. The van der Waals surface area contributed by atoms with Crippen LogP contribution < -0.4 is 5.32 Å². The zero-order valence-electron chi connectivity index (χ0n) is 19.0. The molecule has 1 N–H and O–H groups in total. The first-order chi connectivity index (χ1) is 16.1. The smallest absolute Gasteiger partial charge is 0.321 e. The Morgan fingerprint density at radius 1 is 0.909 bits per heavy atom. The molecule has 3 atom stereocenters. The van der Waals surface area contributed by atoms with E-state index in [-0.39, 0.29) is 6.03 Å². The number of hydrogen-bond acceptors (Lipinski definition) is 3. The Hall–Kier alpha value is -2.89. The summed E-state index contributed by atoms with van der Waals surface area (Å²) in [5.41, 5.74) is 3.25. The fourth-order valence-corrected chi connectivity index (χ4v) is 6.39. The maximum atomic E-state index is 12.7. The Kier molecular flexibility index (Phi) is 5.31. The highest BCUT2D eigenvalue weighted by atomic mass is 16.2. The van der Waals surface area contributed by atoms with Gasteiger partial charge in [0.15, 0.2) is 0 Å². The molecule has 1 aromatic heterocycles. The van der Waals surface area contributed by atoms with E-state index in [9.17, 15) is 9.59 Å². The number of rotatable bonds is 5. The van der Waals surface area contributed by atoms with E-state index in [4.69, 9.17) is 0 Å². The summed E-state index contributed by atoms with van der Waals surface area (Å²) in [5, 5.41) is 3.01. The number of pyridine rings is 1. The molecule has 3 heterocycles. The van der Waals surface area contributed by atoms with Crippen molar-refractivity contribution in [3.63, 3.8) is 0 Å². The van der Waals surface area contributed by atoms with Gasteiger partial charge in [0.25, 0.3) is 0 Å². The summed E-state index contributed by atoms with van der Waals surface area (Å²) in [6.45, 7) is 3.11. The normalized spacial score (nSPS) is 26.7. The molecule has 172 valence electrons. The van der Waals surface area contributed by atoms with Gasteiger partial charge in [0.1, 0.15) is 0 Å². The predicted molar refractivity (Wildman–Crippen MR) is 127 cm³/mol. The summed E-state index contributed by atoms with van der Waals surface area (Å²) in [7, 11) is 0. The summed E-state index contributed by atoms with van der Waals surface area (Å²) in [6.07, 6.45) is 9.80. The van der Waals surface area contributed by atoms with E-state index in [0.29, 0.717) is 23.7 Å². The van der Waals surface area contributed by atoms with Crippen LogP contribution in [-0.2, 0) is 4.79 Å². The van der Waals surface area contributed by atoms with Crippen molar-refractivity contribution in [2.75, 3.05) is 31.5 Å². The SMILES string of the molecule is O=C(CC1C[C@@H]2CC[C@H]1C2)N1CC(c2ccc(NC(=O)N3CC(c4cccnc4)C3)cc2)C1. The number of amides is 3. The van der Waals surface area contributed by atoms with E-state index >= 15 is 0 Å². The molecule has 2 saturated carbocycles. The maximum Gasteiger partial charge on any atom is 0.321 e. The predicted octanol–water partition coefficient (Wildman–Crippen LogP) is 4.47. The van der Waals surface area contributed by atoms with Crippen molar-refractivity contribution in [2.45, 2.75) is 43.9 Å². The highest BCUT2D eigenvalue weighted by Gasteiger charge is 2.42. The van der Waals surface area contributed by atoms with Gasteiger partial charge in [-0.1, -0.05) is 24.6 Å². The second kappa shape index (κ2) is 8.47. The lowest BCUT2D eigenvalue weighted by Gasteiger charge is -2.40. The van der Waals surface area contributed by atoms with Gasteiger partial charge in [-0.2, -0.15) is 0 Å². The number of urea groups is 1.